The molecule has 0 aliphatic rings. The molecule has 1 atom stereocenters. The first kappa shape index (κ1) is 24.8. The lowest BCUT2D eigenvalue weighted by Crippen LogP contribution is -2.22. The number of aromatic nitrogens is 3. The molecule has 4 aromatic rings. The molecular formula is C25H20ClF3N4OS. The van der Waals surface area contributed by atoms with E-state index in [9.17, 15) is 18.0 Å². The Morgan fingerprint density at radius 1 is 1.03 bits per heavy atom. The van der Waals surface area contributed by atoms with Crippen molar-refractivity contribution in [3.05, 3.63) is 106 Å². The Bertz CT molecular complexity index is 1310. The smallest absolute Gasteiger partial charge is 0.324 e. The summed E-state index contributed by atoms with van der Waals surface area (Å²) in [6, 6.07) is 21.8. The number of benzene rings is 3. The summed E-state index contributed by atoms with van der Waals surface area (Å²) in [6.45, 7) is 0. The van der Waals surface area contributed by atoms with Crippen molar-refractivity contribution < 1.29 is 18.0 Å². The highest BCUT2D eigenvalue weighted by molar-refractivity contribution is 8.00. The number of carbonyl (C=O) groups excluding carboxylic acids is 1. The average Bonchev–Trinajstić information content (AvgIpc) is 3.18. The number of alkyl halides is 3. The monoisotopic (exact) mass is 516 g/mol. The number of thioether (sulfide) groups is 1. The van der Waals surface area contributed by atoms with Crippen molar-refractivity contribution in [2.24, 2.45) is 7.05 Å². The summed E-state index contributed by atoms with van der Waals surface area (Å²) in [4.78, 5) is 13.3. The lowest BCUT2D eigenvalue weighted by Gasteiger charge is -2.19. The fraction of sp³-hybridized carbons (Fsp3) is 0.160. The SMILES string of the molecule is Cn1c(Cc2ccccc2)nnc1SC(C(=O)Nc1ccc(Cl)cc1C(F)(F)F)c1ccccc1. The second-order valence-corrected chi connectivity index (χ2v) is 9.21. The maximum Gasteiger partial charge on any atom is 0.418 e. The van der Waals surface area contributed by atoms with Crippen LogP contribution >= 0.6 is 23.4 Å². The third kappa shape index (κ3) is 6.04. The van der Waals surface area contributed by atoms with Gasteiger partial charge in [-0.25, -0.2) is 0 Å². The van der Waals surface area contributed by atoms with Crippen LogP contribution in [0.25, 0.3) is 0 Å². The number of rotatable bonds is 7. The third-order valence-electron chi connectivity index (χ3n) is 5.24. The van der Waals surface area contributed by atoms with Crippen LogP contribution in [0.5, 0.6) is 0 Å². The topological polar surface area (TPSA) is 59.8 Å². The van der Waals surface area contributed by atoms with Gasteiger partial charge in [0, 0.05) is 18.5 Å². The van der Waals surface area contributed by atoms with Gasteiger partial charge in [0.05, 0.1) is 11.3 Å². The molecule has 5 nitrogen and oxygen atoms in total. The Morgan fingerprint density at radius 3 is 2.34 bits per heavy atom. The van der Waals surface area contributed by atoms with E-state index < -0.39 is 22.9 Å². The van der Waals surface area contributed by atoms with E-state index in [1.165, 1.54) is 6.07 Å². The first-order valence-corrected chi connectivity index (χ1v) is 11.8. The van der Waals surface area contributed by atoms with E-state index in [0.717, 1.165) is 29.5 Å². The van der Waals surface area contributed by atoms with Crippen LogP contribution in [0.2, 0.25) is 5.02 Å². The highest BCUT2D eigenvalue weighted by Crippen LogP contribution is 2.39. The Labute approximate surface area is 209 Å². The van der Waals surface area contributed by atoms with Crippen LogP contribution in [0.15, 0.2) is 84.0 Å². The minimum atomic E-state index is -4.68. The molecule has 3 aromatic carbocycles. The molecule has 1 N–H and O–H groups in total. The Kier molecular flexibility index (Phi) is 7.47. The van der Waals surface area contributed by atoms with Gasteiger partial charge in [0.15, 0.2) is 5.16 Å². The van der Waals surface area contributed by atoms with Crippen molar-refractivity contribution in [3.8, 4) is 0 Å². The predicted octanol–water partition coefficient (Wildman–Crippen LogP) is 6.55. The fourth-order valence-corrected chi connectivity index (χ4v) is 4.64. The van der Waals surface area contributed by atoms with Crippen LogP contribution < -0.4 is 5.32 Å². The Balaban J connectivity index is 1.62. The number of nitrogens with one attached hydrogen (secondary N) is 1. The number of nitrogens with zero attached hydrogens (tertiary/aromatic N) is 3. The van der Waals surface area contributed by atoms with Gasteiger partial charge in [-0.1, -0.05) is 84.0 Å². The van der Waals surface area contributed by atoms with Crippen LogP contribution in [-0.4, -0.2) is 20.7 Å². The van der Waals surface area contributed by atoms with Crippen LogP contribution in [0.1, 0.15) is 27.8 Å². The summed E-state index contributed by atoms with van der Waals surface area (Å²) in [5.74, 6) is 0.0737. The van der Waals surface area contributed by atoms with Gasteiger partial charge in [0.1, 0.15) is 11.1 Å². The molecule has 0 bridgehead atoms. The minimum Gasteiger partial charge on any atom is -0.324 e. The van der Waals surface area contributed by atoms with E-state index in [2.05, 4.69) is 15.5 Å². The van der Waals surface area contributed by atoms with E-state index in [1.54, 1.807) is 41.9 Å². The quantitative estimate of drug-likeness (QED) is 0.283. The van der Waals surface area contributed by atoms with Gasteiger partial charge in [-0.15, -0.1) is 10.2 Å². The van der Waals surface area contributed by atoms with Gasteiger partial charge in [0.2, 0.25) is 5.91 Å². The zero-order valence-corrected chi connectivity index (χ0v) is 20.0. The number of halogens is 4. The van der Waals surface area contributed by atoms with Crippen LogP contribution in [0.4, 0.5) is 18.9 Å². The molecule has 0 aliphatic heterocycles. The van der Waals surface area contributed by atoms with Crippen molar-refractivity contribution in [2.75, 3.05) is 5.32 Å². The molecule has 35 heavy (non-hydrogen) atoms. The molecule has 10 heteroatoms. The van der Waals surface area contributed by atoms with Crippen LogP contribution in [0, 0.1) is 0 Å². The average molecular weight is 517 g/mol. The third-order valence-corrected chi connectivity index (χ3v) is 6.76. The van der Waals surface area contributed by atoms with Crippen LogP contribution in [-0.2, 0) is 24.4 Å². The van der Waals surface area contributed by atoms with E-state index in [4.69, 9.17) is 11.6 Å². The first-order chi connectivity index (χ1) is 16.7. The molecule has 180 valence electrons. The van der Waals surface area contributed by atoms with Crippen molar-refractivity contribution in [2.45, 2.75) is 23.0 Å². The maximum atomic E-state index is 13.5. The molecule has 1 amide bonds. The molecule has 0 saturated carbocycles. The van der Waals surface area contributed by atoms with Gasteiger partial charge in [0.25, 0.3) is 0 Å². The lowest BCUT2D eigenvalue weighted by atomic mass is 10.1. The fourth-order valence-electron chi connectivity index (χ4n) is 3.44. The first-order valence-electron chi connectivity index (χ1n) is 10.5. The summed E-state index contributed by atoms with van der Waals surface area (Å²) < 4.78 is 42.4. The molecular weight excluding hydrogens is 497 g/mol. The van der Waals surface area contributed by atoms with Crippen molar-refractivity contribution in [1.29, 1.82) is 0 Å². The van der Waals surface area contributed by atoms with Crippen molar-refractivity contribution in [3.63, 3.8) is 0 Å². The summed E-state index contributed by atoms with van der Waals surface area (Å²) in [5.41, 5.74) is 0.291. The van der Waals surface area contributed by atoms with Crippen LogP contribution in [0.3, 0.4) is 0 Å². The highest BCUT2D eigenvalue weighted by Gasteiger charge is 2.35. The number of anilines is 1. The van der Waals surface area contributed by atoms with E-state index in [-0.39, 0.29) is 10.7 Å². The van der Waals surface area contributed by atoms with Crippen molar-refractivity contribution in [1.82, 2.24) is 14.8 Å². The zero-order valence-electron chi connectivity index (χ0n) is 18.5. The number of hydrogen-bond acceptors (Lipinski definition) is 4. The minimum absolute atomic E-state index is 0.0747. The molecule has 1 heterocycles. The highest BCUT2D eigenvalue weighted by atomic mass is 35.5. The number of amides is 1. The van der Waals surface area contributed by atoms with Crippen molar-refractivity contribution >= 4 is 35.0 Å². The molecule has 0 saturated heterocycles. The van der Waals surface area contributed by atoms with Gasteiger partial charge in [-0.3, -0.25) is 4.79 Å². The molecule has 0 fully saturated rings. The molecule has 1 unspecified atom stereocenters. The zero-order chi connectivity index (χ0) is 25.0. The summed E-state index contributed by atoms with van der Waals surface area (Å²) in [5, 5.41) is 10.4. The van der Waals surface area contributed by atoms with E-state index in [0.29, 0.717) is 23.0 Å². The summed E-state index contributed by atoms with van der Waals surface area (Å²) in [6.07, 6.45) is -4.13. The Morgan fingerprint density at radius 2 is 1.69 bits per heavy atom. The molecule has 0 radical (unpaired) electrons. The second-order valence-electron chi connectivity index (χ2n) is 7.71. The second kappa shape index (κ2) is 10.5. The largest absolute Gasteiger partial charge is 0.418 e. The van der Waals surface area contributed by atoms with Gasteiger partial charge < -0.3 is 9.88 Å². The van der Waals surface area contributed by atoms with E-state index in [1.807, 2.05) is 30.3 Å². The predicted molar refractivity (Wildman–Crippen MR) is 130 cm³/mol. The summed E-state index contributed by atoms with van der Waals surface area (Å²) >= 11 is 6.88. The number of carbonyl (C=O) groups is 1. The normalized spacial score (nSPS) is 12.4. The van der Waals surface area contributed by atoms with Gasteiger partial charge in [-0.2, -0.15) is 13.2 Å². The van der Waals surface area contributed by atoms with E-state index >= 15 is 0 Å². The number of hydrogen-bond donors (Lipinski definition) is 1. The van der Waals surface area contributed by atoms with Gasteiger partial charge >= 0.3 is 6.18 Å². The molecule has 4 rings (SSSR count). The molecule has 0 aliphatic carbocycles. The maximum absolute atomic E-state index is 13.5. The Hall–Kier alpha value is -3.30. The molecule has 0 spiro atoms. The van der Waals surface area contributed by atoms with Gasteiger partial charge in [-0.05, 0) is 29.3 Å². The standard InChI is InChI=1S/C25H20ClF3N4OS/c1-33-21(14-16-8-4-2-5-9-16)31-32-24(33)35-22(17-10-6-3-7-11-17)23(34)30-20-13-12-18(26)15-19(20)25(27,28)29/h2-13,15,22H,14H2,1H3,(H,30,34). The lowest BCUT2D eigenvalue weighted by molar-refractivity contribution is -0.137. The summed E-state index contributed by atoms with van der Waals surface area (Å²) in [7, 11) is 1.79. The molecule has 1 aromatic heterocycles.